The van der Waals surface area contributed by atoms with Crippen molar-refractivity contribution in [2.45, 2.75) is 4.90 Å². The molecular formula is C18H14N2O4S. The lowest BCUT2D eigenvalue weighted by Gasteiger charge is -2.10. The first-order valence-corrected chi connectivity index (χ1v) is 8.37. The number of anilines is 1. The van der Waals surface area contributed by atoms with Crippen molar-refractivity contribution < 1.29 is 14.0 Å². The molecular weight excluding hydrogens is 340 g/mol. The molecule has 0 atom stereocenters. The van der Waals surface area contributed by atoms with Crippen LogP contribution in [0.2, 0.25) is 0 Å². The van der Waals surface area contributed by atoms with E-state index in [1.54, 1.807) is 48.5 Å². The smallest absolute Gasteiger partial charge is 0.291 e. The predicted octanol–water partition coefficient (Wildman–Crippen LogP) is 2.62. The van der Waals surface area contributed by atoms with E-state index >= 15 is 0 Å². The van der Waals surface area contributed by atoms with Gasteiger partial charge in [-0.3, -0.25) is 14.4 Å². The van der Waals surface area contributed by atoms with Gasteiger partial charge in [-0.05, 0) is 24.3 Å². The van der Waals surface area contributed by atoms with E-state index in [9.17, 15) is 14.4 Å². The Kier molecular flexibility index (Phi) is 4.85. The molecule has 7 heteroatoms. The average Bonchev–Trinajstić information content (AvgIpc) is 2.61. The summed E-state index contributed by atoms with van der Waals surface area (Å²) >= 11 is 1.22. The molecule has 0 spiro atoms. The maximum Gasteiger partial charge on any atom is 0.291 e. The Bertz CT molecular complexity index is 1010. The molecule has 2 aromatic carbocycles. The van der Waals surface area contributed by atoms with Gasteiger partial charge in [-0.25, -0.2) is 0 Å². The van der Waals surface area contributed by atoms with Gasteiger partial charge in [0.1, 0.15) is 5.58 Å². The van der Waals surface area contributed by atoms with Crippen LogP contribution < -0.4 is 16.5 Å². The van der Waals surface area contributed by atoms with Crippen molar-refractivity contribution in [3.8, 4) is 0 Å². The summed E-state index contributed by atoms with van der Waals surface area (Å²) in [5.41, 5.74) is 5.72. The third-order valence-corrected chi connectivity index (χ3v) is 4.46. The number of nitrogens with one attached hydrogen (secondary N) is 1. The molecule has 0 bridgehead atoms. The summed E-state index contributed by atoms with van der Waals surface area (Å²) in [6.45, 7) is 0. The fraction of sp³-hybridized carbons (Fsp3) is 0.0556. The Balaban J connectivity index is 1.88. The zero-order chi connectivity index (χ0) is 17.8. The normalized spacial score (nSPS) is 10.6. The standard InChI is InChI=1S/C18H14N2O4S/c19-17(22)10-25-16-8-4-2-6-12(16)20-18(23)15-9-13(21)11-5-1-3-7-14(11)24-15/h1-9H,10H2,(H2,19,22)(H,20,23). The van der Waals surface area contributed by atoms with Crippen LogP contribution in [0, 0.1) is 0 Å². The topological polar surface area (TPSA) is 102 Å². The Morgan fingerprint density at radius 3 is 2.60 bits per heavy atom. The lowest BCUT2D eigenvalue weighted by Crippen LogP contribution is -2.16. The Labute approximate surface area is 147 Å². The number of fused-ring (bicyclic) bond motifs is 1. The quantitative estimate of drug-likeness (QED) is 0.686. The molecule has 126 valence electrons. The van der Waals surface area contributed by atoms with Crippen LogP contribution in [0.3, 0.4) is 0 Å². The fourth-order valence-electron chi connectivity index (χ4n) is 2.24. The molecule has 3 aromatic rings. The minimum atomic E-state index is -0.546. The largest absolute Gasteiger partial charge is 0.451 e. The molecule has 25 heavy (non-hydrogen) atoms. The van der Waals surface area contributed by atoms with Crippen molar-refractivity contribution in [3.63, 3.8) is 0 Å². The predicted molar refractivity (Wildman–Crippen MR) is 96.8 cm³/mol. The van der Waals surface area contributed by atoms with Gasteiger partial charge in [0.2, 0.25) is 5.91 Å². The summed E-state index contributed by atoms with van der Waals surface area (Å²) in [5, 5.41) is 3.11. The van der Waals surface area contributed by atoms with E-state index in [1.165, 1.54) is 11.8 Å². The first kappa shape index (κ1) is 16.8. The number of carbonyl (C=O) groups excluding carboxylic acids is 2. The Hall–Kier alpha value is -3.06. The molecule has 0 unspecified atom stereocenters. The van der Waals surface area contributed by atoms with Gasteiger partial charge in [-0.2, -0.15) is 0 Å². The number of hydrogen-bond acceptors (Lipinski definition) is 5. The Morgan fingerprint density at radius 2 is 1.80 bits per heavy atom. The van der Waals surface area contributed by atoms with E-state index < -0.39 is 11.8 Å². The van der Waals surface area contributed by atoms with E-state index in [0.717, 1.165) is 6.07 Å². The summed E-state index contributed by atoms with van der Waals surface area (Å²) in [6, 6.07) is 14.9. The minimum Gasteiger partial charge on any atom is -0.451 e. The first-order chi connectivity index (χ1) is 12.0. The molecule has 0 aliphatic rings. The monoisotopic (exact) mass is 354 g/mol. The molecule has 0 aliphatic heterocycles. The van der Waals surface area contributed by atoms with E-state index in [4.69, 9.17) is 10.2 Å². The van der Waals surface area contributed by atoms with Crippen LogP contribution in [-0.2, 0) is 4.79 Å². The van der Waals surface area contributed by atoms with Gasteiger partial charge in [-0.15, -0.1) is 11.8 Å². The summed E-state index contributed by atoms with van der Waals surface area (Å²) in [4.78, 5) is 36.2. The number of para-hydroxylation sites is 2. The number of primary amides is 1. The highest BCUT2D eigenvalue weighted by molar-refractivity contribution is 8.00. The van der Waals surface area contributed by atoms with Gasteiger partial charge in [0.15, 0.2) is 11.2 Å². The summed E-state index contributed by atoms with van der Waals surface area (Å²) < 4.78 is 5.52. The van der Waals surface area contributed by atoms with Gasteiger partial charge < -0.3 is 15.5 Å². The zero-order valence-electron chi connectivity index (χ0n) is 13.0. The van der Waals surface area contributed by atoms with Crippen LogP contribution in [0.1, 0.15) is 10.6 Å². The number of nitrogens with two attached hydrogens (primary N) is 1. The van der Waals surface area contributed by atoms with Gasteiger partial charge in [-0.1, -0.05) is 24.3 Å². The van der Waals surface area contributed by atoms with Gasteiger partial charge in [0.25, 0.3) is 5.91 Å². The minimum absolute atomic E-state index is 0.0848. The molecule has 2 amide bonds. The molecule has 3 N–H and O–H groups in total. The van der Waals surface area contributed by atoms with E-state index in [2.05, 4.69) is 5.32 Å². The number of hydrogen-bond donors (Lipinski definition) is 2. The Morgan fingerprint density at radius 1 is 1.08 bits per heavy atom. The molecule has 3 rings (SSSR count). The maximum absolute atomic E-state index is 12.5. The molecule has 0 aliphatic carbocycles. The van der Waals surface area contributed by atoms with Gasteiger partial charge in [0.05, 0.1) is 16.8 Å². The molecule has 0 saturated carbocycles. The van der Waals surface area contributed by atoms with E-state index in [0.29, 0.717) is 21.6 Å². The first-order valence-electron chi connectivity index (χ1n) is 7.39. The highest BCUT2D eigenvalue weighted by atomic mass is 32.2. The maximum atomic E-state index is 12.5. The number of amides is 2. The second kappa shape index (κ2) is 7.23. The van der Waals surface area contributed by atoms with Gasteiger partial charge >= 0.3 is 0 Å². The average molecular weight is 354 g/mol. The van der Waals surface area contributed by atoms with Crippen LogP contribution in [0.25, 0.3) is 11.0 Å². The fourth-order valence-corrected chi connectivity index (χ4v) is 2.99. The molecule has 6 nitrogen and oxygen atoms in total. The third kappa shape index (κ3) is 3.89. The van der Waals surface area contributed by atoms with Crippen LogP contribution in [-0.4, -0.2) is 17.6 Å². The number of benzene rings is 2. The SMILES string of the molecule is NC(=O)CSc1ccccc1NC(=O)c1cc(=O)c2ccccc2o1. The van der Waals surface area contributed by atoms with Crippen molar-refractivity contribution in [2.24, 2.45) is 5.73 Å². The number of rotatable bonds is 5. The highest BCUT2D eigenvalue weighted by Crippen LogP contribution is 2.27. The van der Waals surface area contributed by atoms with Crippen molar-refractivity contribution in [2.75, 3.05) is 11.1 Å². The molecule has 0 saturated heterocycles. The molecule has 0 fully saturated rings. The van der Waals surface area contributed by atoms with Gasteiger partial charge in [0, 0.05) is 11.0 Å². The van der Waals surface area contributed by atoms with E-state index in [1.807, 2.05) is 0 Å². The number of carbonyl (C=O) groups is 2. The summed E-state index contributed by atoms with van der Waals surface area (Å²) in [6.07, 6.45) is 0. The van der Waals surface area contributed by atoms with Crippen LogP contribution in [0.15, 0.2) is 68.7 Å². The van der Waals surface area contributed by atoms with Crippen LogP contribution >= 0.6 is 11.8 Å². The van der Waals surface area contributed by atoms with Crippen molar-refractivity contribution in [1.82, 2.24) is 0 Å². The molecule has 0 radical (unpaired) electrons. The van der Waals surface area contributed by atoms with E-state index in [-0.39, 0.29) is 16.9 Å². The van der Waals surface area contributed by atoms with Crippen molar-refractivity contribution >= 4 is 40.2 Å². The zero-order valence-corrected chi connectivity index (χ0v) is 13.8. The van der Waals surface area contributed by atoms with Crippen molar-refractivity contribution in [3.05, 3.63) is 70.6 Å². The second-order valence-corrected chi connectivity index (χ2v) is 6.19. The third-order valence-electron chi connectivity index (χ3n) is 3.36. The van der Waals surface area contributed by atoms with Crippen LogP contribution in [0.5, 0.6) is 0 Å². The molecule has 1 heterocycles. The number of thioether (sulfide) groups is 1. The lowest BCUT2D eigenvalue weighted by molar-refractivity contribution is -0.115. The summed E-state index contributed by atoms with van der Waals surface area (Å²) in [5.74, 6) is -0.988. The van der Waals surface area contributed by atoms with Crippen LogP contribution in [0.4, 0.5) is 5.69 Å². The highest BCUT2D eigenvalue weighted by Gasteiger charge is 2.14. The lowest BCUT2D eigenvalue weighted by atomic mass is 10.2. The second-order valence-electron chi connectivity index (χ2n) is 5.18. The molecule has 1 aromatic heterocycles. The summed E-state index contributed by atoms with van der Waals surface area (Å²) in [7, 11) is 0. The van der Waals surface area contributed by atoms with Crippen molar-refractivity contribution in [1.29, 1.82) is 0 Å².